The molecule has 8 nitrogen and oxygen atoms in total. The number of aromatic amines is 1. The van der Waals surface area contributed by atoms with Crippen LogP contribution in [0, 0.1) is 6.92 Å². The van der Waals surface area contributed by atoms with Gasteiger partial charge in [-0.15, -0.1) is 10.2 Å². The van der Waals surface area contributed by atoms with Crippen LogP contribution in [0.15, 0.2) is 63.8 Å². The number of fused-ring (bicyclic) bond motifs is 1. The van der Waals surface area contributed by atoms with Crippen molar-refractivity contribution in [3.05, 3.63) is 82.4 Å². The average molecular weight is 391 g/mol. The Bertz CT molecular complexity index is 1180. The van der Waals surface area contributed by atoms with E-state index in [4.69, 9.17) is 4.42 Å². The molecule has 1 amide bonds. The molecule has 4 rings (SSSR count). The van der Waals surface area contributed by atoms with E-state index in [2.05, 4.69) is 20.5 Å². The second-order valence-electron chi connectivity index (χ2n) is 6.78. The Balaban J connectivity index is 1.43. The van der Waals surface area contributed by atoms with E-state index < -0.39 is 0 Å². The Hall–Kier alpha value is -3.68. The number of nitrogens with one attached hydrogen (secondary N) is 2. The first-order valence-electron chi connectivity index (χ1n) is 9.41. The highest BCUT2D eigenvalue weighted by Gasteiger charge is 2.23. The number of carbonyl (C=O) groups is 1. The smallest absolute Gasteiger partial charge is 0.326 e. The van der Waals surface area contributed by atoms with E-state index in [1.165, 1.54) is 0 Å². The second-order valence-corrected chi connectivity index (χ2v) is 6.78. The van der Waals surface area contributed by atoms with E-state index in [9.17, 15) is 9.59 Å². The molecule has 0 spiro atoms. The van der Waals surface area contributed by atoms with Crippen molar-refractivity contribution in [2.24, 2.45) is 0 Å². The van der Waals surface area contributed by atoms with Crippen molar-refractivity contribution in [2.75, 3.05) is 6.54 Å². The van der Waals surface area contributed by atoms with Gasteiger partial charge in [-0.05, 0) is 17.7 Å². The normalized spacial score (nSPS) is 12.2. The number of hydrogen-bond donors (Lipinski definition) is 2. The molecule has 2 N–H and O–H groups in total. The number of amides is 1. The van der Waals surface area contributed by atoms with Crippen molar-refractivity contribution in [2.45, 2.75) is 25.8 Å². The molecule has 2 heterocycles. The maximum atomic E-state index is 12.6. The summed E-state index contributed by atoms with van der Waals surface area (Å²) in [5.41, 5.74) is 2.33. The van der Waals surface area contributed by atoms with Crippen LogP contribution in [0.5, 0.6) is 0 Å². The number of rotatable bonds is 7. The van der Waals surface area contributed by atoms with Crippen molar-refractivity contribution < 1.29 is 9.21 Å². The topological polar surface area (TPSA) is 106 Å². The summed E-state index contributed by atoms with van der Waals surface area (Å²) in [4.78, 5) is 27.5. The molecule has 0 aliphatic rings. The summed E-state index contributed by atoms with van der Waals surface area (Å²) < 4.78 is 7.19. The zero-order chi connectivity index (χ0) is 20.2. The minimum Gasteiger partial charge on any atom is -0.425 e. The number of imidazole rings is 1. The summed E-state index contributed by atoms with van der Waals surface area (Å²) in [7, 11) is 0. The predicted octanol–water partition coefficient (Wildman–Crippen LogP) is 2.36. The lowest BCUT2D eigenvalue weighted by Gasteiger charge is -2.14. The van der Waals surface area contributed by atoms with Crippen LogP contribution in [-0.2, 0) is 11.3 Å². The Kier molecular flexibility index (Phi) is 5.24. The van der Waals surface area contributed by atoms with Crippen LogP contribution >= 0.6 is 0 Å². The lowest BCUT2D eigenvalue weighted by molar-refractivity contribution is -0.121. The minimum atomic E-state index is -0.326. The fourth-order valence-electron chi connectivity index (χ4n) is 3.38. The number of hydrogen-bond acceptors (Lipinski definition) is 5. The monoisotopic (exact) mass is 391 g/mol. The molecule has 0 aliphatic carbocycles. The first-order valence-corrected chi connectivity index (χ1v) is 9.41. The van der Waals surface area contributed by atoms with Gasteiger partial charge in [0.05, 0.1) is 17.0 Å². The van der Waals surface area contributed by atoms with Gasteiger partial charge >= 0.3 is 5.69 Å². The van der Waals surface area contributed by atoms with Crippen LogP contribution in [0.25, 0.3) is 11.0 Å². The van der Waals surface area contributed by atoms with E-state index in [0.29, 0.717) is 24.9 Å². The van der Waals surface area contributed by atoms with Crippen LogP contribution in [0.4, 0.5) is 0 Å². The molecule has 1 atom stereocenters. The van der Waals surface area contributed by atoms with Crippen molar-refractivity contribution in [1.82, 2.24) is 25.1 Å². The van der Waals surface area contributed by atoms with E-state index >= 15 is 0 Å². The standard InChI is InChI=1S/C21H21N5O3/c1-14-24-25-20(29-14)16(15-7-3-2-4-8-15)13-19(27)22-11-12-26-18-10-6-5-9-17(18)23-21(26)28/h2-10,16H,11-13H2,1H3,(H,22,27)(H,23,28). The molecule has 1 unspecified atom stereocenters. The van der Waals surface area contributed by atoms with Crippen molar-refractivity contribution in [3.63, 3.8) is 0 Å². The highest BCUT2D eigenvalue weighted by atomic mass is 16.4. The number of nitrogens with zero attached hydrogens (tertiary/aromatic N) is 3. The summed E-state index contributed by atoms with van der Waals surface area (Å²) in [6.45, 7) is 2.44. The number of carbonyl (C=O) groups excluding carboxylic acids is 1. The zero-order valence-corrected chi connectivity index (χ0v) is 16.0. The van der Waals surface area contributed by atoms with Gasteiger partial charge in [0.1, 0.15) is 0 Å². The molecule has 2 aromatic heterocycles. The van der Waals surface area contributed by atoms with E-state index in [1.807, 2.05) is 54.6 Å². The van der Waals surface area contributed by atoms with Crippen molar-refractivity contribution in [3.8, 4) is 0 Å². The van der Waals surface area contributed by atoms with E-state index in [1.54, 1.807) is 11.5 Å². The Labute approximate surface area is 166 Å². The molecule has 4 aromatic rings. The summed E-state index contributed by atoms with van der Waals surface area (Å²) in [5, 5.41) is 10.9. The molecule has 148 valence electrons. The molecule has 0 aliphatic heterocycles. The molecule has 2 aromatic carbocycles. The summed E-state index contributed by atoms with van der Waals surface area (Å²) in [5.74, 6) is 0.396. The van der Waals surface area contributed by atoms with Gasteiger partial charge in [-0.25, -0.2) is 4.79 Å². The van der Waals surface area contributed by atoms with Gasteiger partial charge in [-0.3, -0.25) is 9.36 Å². The quantitative estimate of drug-likeness (QED) is 0.503. The minimum absolute atomic E-state index is 0.150. The highest BCUT2D eigenvalue weighted by molar-refractivity contribution is 5.77. The van der Waals surface area contributed by atoms with Gasteiger partial charge in [-0.2, -0.15) is 0 Å². The summed E-state index contributed by atoms with van der Waals surface area (Å²) in [6.07, 6.45) is 0.175. The SMILES string of the molecule is Cc1nnc(C(CC(=O)NCCn2c(=O)[nH]c3ccccc32)c2ccccc2)o1. The lowest BCUT2D eigenvalue weighted by atomic mass is 9.95. The second kappa shape index (κ2) is 8.14. The number of para-hydroxylation sites is 2. The van der Waals surface area contributed by atoms with Gasteiger partial charge in [-0.1, -0.05) is 42.5 Å². The first kappa shape index (κ1) is 18.7. The van der Waals surface area contributed by atoms with Crippen molar-refractivity contribution >= 4 is 16.9 Å². The van der Waals surface area contributed by atoms with Crippen LogP contribution in [0.1, 0.15) is 29.7 Å². The van der Waals surface area contributed by atoms with Gasteiger partial charge in [0.2, 0.25) is 17.7 Å². The fraction of sp³-hybridized carbons (Fsp3) is 0.238. The average Bonchev–Trinajstić information content (AvgIpc) is 3.30. The fourth-order valence-corrected chi connectivity index (χ4v) is 3.38. The molecule has 8 heteroatoms. The van der Waals surface area contributed by atoms with Crippen LogP contribution in [-0.4, -0.2) is 32.2 Å². The van der Waals surface area contributed by atoms with Gasteiger partial charge < -0.3 is 14.7 Å². The van der Waals surface area contributed by atoms with Crippen molar-refractivity contribution in [1.29, 1.82) is 0 Å². The highest BCUT2D eigenvalue weighted by Crippen LogP contribution is 2.26. The number of benzene rings is 2. The Morgan fingerprint density at radius 1 is 1.14 bits per heavy atom. The maximum Gasteiger partial charge on any atom is 0.326 e. The molecular formula is C21H21N5O3. The van der Waals surface area contributed by atoms with Gasteiger partial charge in [0, 0.05) is 26.4 Å². The van der Waals surface area contributed by atoms with Gasteiger partial charge in [0.25, 0.3) is 0 Å². The van der Waals surface area contributed by atoms with E-state index in [-0.39, 0.29) is 23.9 Å². The number of aryl methyl sites for hydroxylation is 1. The number of H-pyrrole nitrogens is 1. The van der Waals surface area contributed by atoms with E-state index in [0.717, 1.165) is 16.6 Å². The molecule has 0 fully saturated rings. The van der Waals surface area contributed by atoms with Crippen LogP contribution in [0.2, 0.25) is 0 Å². The zero-order valence-electron chi connectivity index (χ0n) is 16.0. The Morgan fingerprint density at radius 2 is 1.90 bits per heavy atom. The largest absolute Gasteiger partial charge is 0.425 e. The van der Waals surface area contributed by atoms with Crippen LogP contribution in [0.3, 0.4) is 0 Å². The third-order valence-electron chi connectivity index (χ3n) is 4.77. The summed E-state index contributed by atoms with van der Waals surface area (Å²) in [6, 6.07) is 17.1. The van der Waals surface area contributed by atoms with Gasteiger partial charge in [0.15, 0.2) is 0 Å². The third kappa shape index (κ3) is 4.11. The maximum absolute atomic E-state index is 12.6. The summed E-state index contributed by atoms with van der Waals surface area (Å²) >= 11 is 0. The molecule has 0 bridgehead atoms. The first-order chi connectivity index (χ1) is 14.1. The molecule has 29 heavy (non-hydrogen) atoms. The Morgan fingerprint density at radius 3 is 2.66 bits per heavy atom. The van der Waals surface area contributed by atoms with Crippen LogP contribution < -0.4 is 11.0 Å². The molecule has 0 radical (unpaired) electrons. The molecule has 0 saturated heterocycles. The predicted molar refractivity (Wildman–Crippen MR) is 108 cm³/mol. The number of aromatic nitrogens is 4. The molecular weight excluding hydrogens is 370 g/mol. The lowest BCUT2D eigenvalue weighted by Crippen LogP contribution is -2.31. The third-order valence-corrected chi connectivity index (χ3v) is 4.77. The molecule has 0 saturated carbocycles.